The van der Waals surface area contributed by atoms with E-state index < -0.39 is 11.6 Å². The Bertz CT molecular complexity index is 597. The predicted molar refractivity (Wildman–Crippen MR) is 77.8 cm³/mol. The number of halogens is 1. The topological polar surface area (TPSA) is 66.8 Å². The fourth-order valence-corrected chi connectivity index (χ4v) is 2.23. The lowest BCUT2D eigenvalue weighted by atomic mass is 10.1. The molecule has 0 aliphatic carbocycles. The summed E-state index contributed by atoms with van der Waals surface area (Å²) in [4.78, 5) is 25.4. The van der Waals surface area contributed by atoms with E-state index in [2.05, 4.69) is 6.58 Å². The van der Waals surface area contributed by atoms with E-state index in [1.54, 1.807) is 12.1 Å². The molecule has 1 atom stereocenters. The number of benzene rings is 1. The highest BCUT2D eigenvalue weighted by Crippen LogP contribution is 2.24. The Morgan fingerprint density at radius 1 is 1.52 bits per heavy atom. The molecule has 1 aliphatic heterocycles. The molecule has 5 nitrogen and oxygen atoms in total. The molecular formula is C15H16ClNO4. The van der Waals surface area contributed by atoms with Gasteiger partial charge in [-0.25, -0.2) is 4.79 Å². The lowest BCUT2D eigenvalue weighted by Gasteiger charge is -2.26. The highest BCUT2D eigenvalue weighted by atomic mass is 35.5. The maximum absolute atomic E-state index is 12.2. The van der Waals surface area contributed by atoms with Crippen molar-refractivity contribution in [3.05, 3.63) is 47.0 Å². The summed E-state index contributed by atoms with van der Waals surface area (Å²) in [6.07, 6.45) is 0. The van der Waals surface area contributed by atoms with Gasteiger partial charge in [0.15, 0.2) is 5.60 Å². The fraction of sp³-hybridized carbons (Fsp3) is 0.333. The Morgan fingerprint density at radius 2 is 2.19 bits per heavy atom. The Labute approximate surface area is 127 Å². The number of ether oxygens (including phenoxy) is 1. The van der Waals surface area contributed by atoms with Crippen molar-refractivity contribution < 1.29 is 19.4 Å². The molecule has 0 saturated carbocycles. The second kappa shape index (κ2) is 5.87. The van der Waals surface area contributed by atoms with Crippen LogP contribution in [0.3, 0.4) is 0 Å². The third kappa shape index (κ3) is 3.43. The molecule has 1 aliphatic rings. The molecule has 1 aromatic rings. The largest absolute Gasteiger partial charge is 0.458 e. The van der Waals surface area contributed by atoms with Gasteiger partial charge < -0.3 is 14.7 Å². The van der Waals surface area contributed by atoms with Crippen molar-refractivity contribution in [2.45, 2.75) is 19.1 Å². The summed E-state index contributed by atoms with van der Waals surface area (Å²) in [5, 5.41) is 10.4. The van der Waals surface area contributed by atoms with Gasteiger partial charge in [0, 0.05) is 17.1 Å². The number of β-amino-alcohol motifs (C(OH)–C–C–N with tert-alkyl or cyclic N) is 1. The molecule has 1 aromatic carbocycles. The maximum Gasteiger partial charge on any atom is 0.340 e. The Kier molecular flexibility index (Phi) is 4.34. The minimum absolute atomic E-state index is 0.145. The van der Waals surface area contributed by atoms with Crippen LogP contribution in [0.1, 0.15) is 22.8 Å². The molecule has 0 spiro atoms. The number of fused-ring (bicyclic) bond motifs is 1. The third-order valence-corrected chi connectivity index (χ3v) is 3.30. The van der Waals surface area contributed by atoms with E-state index in [0.717, 1.165) is 5.56 Å². The van der Waals surface area contributed by atoms with Crippen LogP contribution in [0.15, 0.2) is 35.9 Å². The van der Waals surface area contributed by atoms with Gasteiger partial charge in [-0.3, -0.25) is 4.79 Å². The van der Waals surface area contributed by atoms with Crippen molar-refractivity contribution in [3.63, 3.8) is 0 Å². The van der Waals surface area contributed by atoms with Crippen LogP contribution in [0.2, 0.25) is 0 Å². The normalized spacial score (nSPS) is 16.3. The highest BCUT2D eigenvalue weighted by Gasteiger charge is 2.38. The number of esters is 1. The molecule has 1 N–H and O–H groups in total. The average molecular weight is 310 g/mol. The van der Waals surface area contributed by atoms with Gasteiger partial charge in [0.25, 0.3) is 5.91 Å². The van der Waals surface area contributed by atoms with Gasteiger partial charge in [-0.1, -0.05) is 36.4 Å². The zero-order valence-electron chi connectivity index (χ0n) is 11.6. The fourth-order valence-electron chi connectivity index (χ4n) is 2.18. The van der Waals surface area contributed by atoms with Gasteiger partial charge in [-0.2, -0.15) is 0 Å². The quantitative estimate of drug-likeness (QED) is 0.841. The van der Waals surface area contributed by atoms with E-state index in [1.807, 2.05) is 12.1 Å². The van der Waals surface area contributed by atoms with Crippen molar-refractivity contribution in [2.75, 3.05) is 13.2 Å². The first-order valence-corrected chi connectivity index (χ1v) is 6.79. The molecule has 0 unspecified atom stereocenters. The minimum Gasteiger partial charge on any atom is -0.458 e. The minimum atomic E-state index is -1.80. The van der Waals surface area contributed by atoms with Crippen LogP contribution in [0.5, 0.6) is 0 Å². The number of hydrogen-bond acceptors (Lipinski definition) is 4. The third-order valence-electron chi connectivity index (χ3n) is 3.19. The van der Waals surface area contributed by atoms with E-state index in [1.165, 1.54) is 11.8 Å². The van der Waals surface area contributed by atoms with Crippen LogP contribution in [0, 0.1) is 0 Å². The van der Waals surface area contributed by atoms with Gasteiger partial charge in [-0.05, 0) is 18.6 Å². The molecule has 0 aromatic heterocycles. The second-order valence-corrected chi connectivity index (χ2v) is 5.72. The Hall–Kier alpha value is -1.85. The zero-order valence-corrected chi connectivity index (χ0v) is 12.4. The number of nitrogens with zero attached hydrogens (tertiary/aromatic N) is 1. The number of aliphatic hydroxyl groups is 1. The maximum atomic E-state index is 12.2. The van der Waals surface area contributed by atoms with E-state index in [0.29, 0.717) is 12.1 Å². The van der Waals surface area contributed by atoms with Crippen molar-refractivity contribution in [2.24, 2.45) is 0 Å². The molecule has 1 amide bonds. The number of hydrogen-bond donors (Lipinski definition) is 1. The standard InChI is InChI=1S/C15H16ClNO4/c1-10(16)8-21-14(19)15(2,20)9-17-7-11-5-3-4-6-12(11)13(17)18/h3-6,20H,1,7-9H2,2H3/t15-/m1/s1. The molecule has 21 heavy (non-hydrogen) atoms. The number of carbonyl (C=O) groups is 2. The molecule has 1 heterocycles. The van der Waals surface area contributed by atoms with Crippen LogP contribution in [-0.4, -0.2) is 40.6 Å². The molecular weight excluding hydrogens is 294 g/mol. The monoisotopic (exact) mass is 309 g/mol. The first kappa shape index (κ1) is 15.5. The van der Waals surface area contributed by atoms with Crippen molar-refractivity contribution >= 4 is 23.5 Å². The highest BCUT2D eigenvalue weighted by molar-refractivity contribution is 6.29. The lowest BCUT2D eigenvalue weighted by Crippen LogP contribution is -2.47. The Morgan fingerprint density at radius 3 is 2.81 bits per heavy atom. The number of amides is 1. The lowest BCUT2D eigenvalue weighted by molar-refractivity contribution is -0.163. The summed E-state index contributed by atoms with van der Waals surface area (Å²) < 4.78 is 4.83. The summed E-state index contributed by atoms with van der Waals surface area (Å²) in [5.41, 5.74) is -0.332. The van der Waals surface area contributed by atoms with E-state index in [9.17, 15) is 14.7 Å². The zero-order chi connectivity index (χ0) is 15.6. The first-order valence-electron chi connectivity index (χ1n) is 6.41. The summed E-state index contributed by atoms with van der Waals surface area (Å²) in [6, 6.07) is 7.19. The van der Waals surface area contributed by atoms with Crippen molar-refractivity contribution in [3.8, 4) is 0 Å². The molecule has 0 fully saturated rings. The van der Waals surface area contributed by atoms with Crippen LogP contribution in [0.25, 0.3) is 0 Å². The van der Waals surface area contributed by atoms with Crippen LogP contribution in [-0.2, 0) is 16.1 Å². The number of carbonyl (C=O) groups excluding carboxylic acids is 2. The van der Waals surface area contributed by atoms with E-state index >= 15 is 0 Å². The molecule has 6 heteroatoms. The van der Waals surface area contributed by atoms with Gasteiger partial charge >= 0.3 is 5.97 Å². The predicted octanol–water partition coefficient (Wildman–Crippen LogP) is 1.69. The molecule has 0 saturated heterocycles. The molecule has 2 rings (SSSR count). The van der Waals surface area contributed by atoms with Crippen molar-refractivity contribution in [1.82, 2.24) is 4.90 Å². The summed E-state index contributed by atoms with van der Waals surface area (Å²) in [7, 11) is 0. The Balaban J connectivity index is 2.03. The van der Waals surface area contributed by atoms with E-state index in [4.69, 9.17) is 16.3 Å². The summed E-state index contributed by atoms with van der Waals surface area (Å²) in [5.74, 6) is -1.05. The SMILES string of the molecule is C=C(Cl)COC(=O)[C@](C)(O)CN1Cc2ccccc2C1=O. The summed E-state index contributed by atoms with van der Waals surface area (Å²) >= 11 is 5.51. The number of rotatable bonds is 5. The van der Waals surface area contributed by atoms with Gasteiger partial charge in [0.2, 0.25) is 0 Å². The van der Waals surface area contributed by atoms with Gasteiger partial charge in [0.1, 0.15) is 6.61 Å². The smallest absolute Gasteiger partial charge is 0.340 e. The van der Waals surface area contributed by atoms with E-state index in [-0.39, 0.29) is 24.1 Å². The second-order valence-electron chi connectivity index (χ2n) is 5.19. The van der Waals surface area contributed by atoms with Crippen LogP contribution < -0.4 is 0 Å². The summed E-state index contributed by atoms with van der Waals surface area (Å²) in [6.45, 7) is 4.74. The molecule has 0 bridgehead atoms. The molecule has 0 radical (unpaired) electrons. The van der Waals surface area contributed by atoms with Crippen LogP contribution in [0.4, 0.5) is 0 Å². The van der Waals surface area contributed by atoms with Crippen molar-refractivity contribution in [1.29, 1.82) is 0 Å². The van der Waals surface area contributed by atoms with Crippen LogP contribution >= 0.6 is 11.6 Å². The molecule has 112 valence electrons. The average Bonchev–Trinajstić information content (AvgIpc) is 2.72. The first-order chi connectivity index (χ1) is 9.81. The van der Waals surface area contributed by atoms with Gasteiger partial charge in [-0.15, -0.1) is 0 Å². The van der Waals surface area contributed by atoms with Gasteiger partial charge in [0.05, 0.1) is 6.54 Å².